The van der Waals surface area contributed by atoms with Crippen LogP contribution in [0.5, 0.6) is 0 Å². The van der Waals surface area contributed by atoms with Crippen molar-refractivity contribution in [2.45, 2.75) is 11.8 Å². The van der Waals surface area contributed by atoms with Crippen LogP contribution in [0.4, 0.5) is 5.82 Å². The second-order valence-electron chi connectivity index (χ2n) is 7.22. The summed E-state index contributed by atoms with van der Waals surface area (Å²) in [5, 5.41) is 0. The zero-order valence-electron chi connectivity index (χ0n) is 17.1. The summed E-state index contributed by atoms with van der Waals surface area (Å²) in [5.41, 5.74) is 2.21. The van der Waals surface area contributed by atoms with Gasteiger partial charge in [0.1, 0.15) is 17.9 Å². The van der Waals surface area contributed by atoms with Crippen molar-refractivity contribution in [2.75, 3.05) is 4.72 Å². The molecule has 1 N–H and O–H groups in total. The summed E-state index contributed by atoms with van der Waals surface area (Å²) in [6, 6.07) is 19.6. The minimum Gasteiger partial charge on any atom is -0.258 e. The van der Waals surface area contributed by atoms with Gasteiger partial charge in [-0.05, 0) is 43.3 Å². The Bertz CT molecular complexity index is 1510. The monoisotopic (exact) mass is 443 g/mol. The number of aromatic nitrogens is 5. The van der Waals surface area contributed by atoms with E-state index < -0.39 is 10.0 Å². The molecule has 5 aromatic rings. The molecule has 0 spiro atoms. The summed E-state index contributed by atoms with van der Waals surface area (Å²) in [5.74, 6) is 1.21. The topological polar surface area (TPSA) is 93.6 Å². The van der Waals surface area contributed by atoms with Crippen LogP contribution < -0.4 is 9.29 Å². The van der Waals surface area contributed by atoms with Crippen LogP contribution in [-0.2, 0) is 10.0 Å². The number of rotatable bonds is 5. The van der Waals surface area contributed by atoms with E-state index in [1.54, 1.807) is 53.6 Å². The van der Waals surface area contributed by atoms with Crippen molar-refractivity contribution in [3.8, 4) is 11.6 Å². The van der Waals surface area contributed by atoms with Crippen molar-refractivity contribution in [3.63, 3.8) is 0 Å². The number of benzene rings is 2. The number of nitrogens with zero attached hydrogens (tertiary/aromatic N) is 5. The Morgan fingerprint density at radius 3 is 2.34 bits per heavy atom. The number of fused-ring (bicyclic) bond motifs is 1. The predicted octanol–water partition coefficient (Wildman–Crippen LogP) is 3.20. The van der Waals surface area contributed by atoms with E-state index >= 15 is 0 Å². The molecule has 0 saturated carbocycles. The third-order valence-electron chi connectivity index (χ3n) is 4.91. The fourth-order valence-electron chi connectivity index (χ4n) is 3.26. The van der Waals surface area contributed by atoms with E-state index in [0.717, 1.165) is 11.4 Å². The molecule has 0 amide bonds. The fourth-order valence-corrected chi connectivity index (χ4v) is 4.27. The molecule has 5 rings (SSSR count). The Morgan fingerprint density at radius 2 is 1.62 bits per heavy atom. The predicted molar refractivity (Wildman–Crippen MR) is 120 cm³/mol. The highest BCUT2D eigenvalue weighted by Crippen LogP contribution is 2.21. The molecule has 0 bridgehead atoms. The molecule has 0 unspecified atom stereocenters. The van der Waals surface area contributed by atoms with Crippen LogP contribution >= 0.6 is 0 Å². The number of pyridine rings is 1. The zero-order valence-corrected chi connectivity index (χ0v) is 17.9. The molecule has 9 heteroatoms. The van der Waals surface area contributed by atoms with Crippen LogP contribution in [0.3, 0.4) is 0 Å². The smallest absolute Gasteiger partial charge is 0.258 e. The number of hydrogen-bond donors (Lipinski definition) is 1. The van der Waals surface area contributed by atoms with Crippen LogP contribution in [0, 0.1) is 6.92 Å². The summed E-state index contributed by atoms with van der Waals surface area (Å²) in [7, 11) is -3.86. The summed E-state index contributed by atoms with van der Waals surface area (Å²) in [6.45, 7) is 1.90. The van der Waals surface area contributed by atoms with Gasteiger partial charge in [0.2, 0.25) is 12.1 Å². The minimum absolute atomic E-state index is 0.132. The van der Waals surface area contributed by atoms with Crippen molar-refractivity contribution in [1.82, 2.24) is 19.5 Å². The highest BCUT2D eigenvalue weighted by Gasteiger charge is 2.24. The molecule has 0 aliphatic rings. The lowest BCUT2D eigenvalue weighted by molar-refractivity contribution is -0.597. The summed E-state index contributed by atoms with van der Waals surface area (Å²) in [4.78, 5) is 13.7. The summed E-state index contributed by atoms with van der Waals surface area (Å²) >= 11 is 0. The highest BCUT2D eigenvalue weighted by atomic mass is 32.2. The maximum Gasteiger partial charge on any atom is 0.311 e. The first-order chi connectivity index (χ1) is 15.5. The van der Waals surface area contributed by atoms with Crippen molar-refractivity contribution in [2.24, 2.45) is 0 Å². The number of aryl methyl sites for hydroxylation is 1. The molecule has 0 aliphatic carbocycles. The average Bonchev–Trinajstić information content (AvgIpc) is 3.29. The van der Waals surface area contributed by atoms with Crippen LogP contribution in [0.1, 0.15) is 5.56 Å². The Morgan fingerprint density at radius 1 is 0.906 bits per heavy atom. The van der Waals surface area contributed by atoms with Gasteiger partial charge in [0.05, 0.1) is 4.90 Å². The van der Waals surface area contributed by atoms with Crippen molar-refractivity contribution in [3.05, 3.63) is 97.2 Å². The molecule has 32 heavy (non-hydrogen) atoms. The maximum absolute atomic E-state index is 13.1. The molecule has 8 nitrogen and oxygen atoms in total. The van der Waals surface area contributed by atoms with Gasteiger partial charge in [-0.1, -0.05) is 40.9 Å². The van der Waals surface area contributed by atoms with Crippen LogP contribution in [0.25, 0.3) is 22.7 Å². The van der Waals surface area contributed by atoms with Crippen LogP contribution in [-0.4, -0.2) is 27.9 Å². The first-order valence-electron chi connectivity index (χ1n) is 9.87. The third-order valence-corrected chi connectivity index (χ3v) is 6.26. The minimum atomic E-state index is -3.86. The van der Waals surface area contributed by atoms with E-state index in [9.17, 15) is 8.42 Å². The van der Waals surface area contributed by atoms with E-state index in [2.05, 4.69) is 19.7 Å². The molecule has 0 radical (unpaired) electrons. The van der Waals surface area contributed by atoms with Gasteiger partial charge in [0.25, 0.3) is 10.0 Å². The highest BCUT2D eigenvalue weighted by molar-refractivity contribution is 7.92. The molecular formula is C23H19N6O2S+. The van der Waals surface area contributed by atoms with Gasteiger partial charge < -0.3 is 0 Å². The van der Waals surface area contributed by atoms with Gasteiger partial charge in [-0.25, -0.2) is 27.5 Å². The first-order valence-corrected chi connectivity index (χ1v) is 11.4. The first kappa shape index (κ1) is 19.8. The molecular weight excluding hydrogens is 424 g/mol. The molecule has 158 valence electrons. The Hall–Kier alpha value is -4.11. The number of anilines is 1. The molecule has 0 atom stereocenters. The largest absolute Gasteiger partial charge is 0.311 e. The lowest BCUT2D eigenvalue weighted by atomic mass is 10.2. The molecule has 3 aromatic heterocycles. The van der Waals surface area contributed by atoms with Gasteiger partial charge in [-0.2, -0.15) is 0 Å². The second kappa shape index (κ2) is 7.86. The normalized spacial score (nSPS) is 11.5. The number of hydrogen-bond acceptors (Lipinski definition) is 5. The molecule has 3 heterocycles. The zero-order chi connectivity index (χ0) is 22.1. The summed E-state index contributed by atoms with van der Waals surface area (Å²) in [6.07, 6.45) is 7.07. The molecule has 0 saturated heterocycles. The standard InChI is InChI=1S/C23H19N6O2S/c1-17-9-11-18(12-10-17)32(30,31)27-22-23(26-20-7-3-2-6-19(20)25-22)29-15-14-28(16-29)21-8-4-5-13-24-21/h2-16H,1H3,(H,25,27)/q+1. The van der Waals surface area contributed by atoms with Gasteiger partial charge in [0, 0.05) is 6.20 Å². The third kappa shape index (κ3) is 3.81. The average molecular weight is 444 g/mol. The summed E-state index contributed by atoms with van der Waals surface area (Å²) < 4.78 is 32.3. The Kier molecular flexibility index (Phi) is 4.87. The van der Waals surface area contributed by atoms with Crippen molar-refractivity contribution >= 4 is 26.9 Å². The van der Waals surface area contributed by atoms with E-state index in [4.69, 9.17) is 0 Å². The second-order valence-corrected chi connectivity index (χ2v) is 8.90. The lowest BCUT2D eigenvalue weighted by Gasteiger charge is -2.09. The Balaban J connectivity index is 1.62. The van der Waals surface area contributed by atoms with Crippen molar-refractivity contribution < 1.29 is 13.0 Å². The lowest BCUT2D eigenvalue weighted by Crippen LogP contribution is -2.32. The number of sulfonamides is 1. The fraction of sp³-hybridized carbons (Fsp3) is 0.0435. The van der Waals surface area contributed by atoms with E-state index in [-0.39, 0.29) is 10.7 Å². The van der Waals surface area contributed by atoms with E-state index in [0.29, 0.717) is 16.9 Å². The van der Waals surface area contributed by atoms with E-state index in [1.807, 2.05) is 54.1 Å². The van der Waals surface area contributed by atoms with Gasteiger partial charge >= 0.3 is 5.82 Å². The van der Waals surface area contributed by atoms with E-state index in [1.165, 1.54) is 0 Å². The quantitative estimate of drug-likeness (QED) is 0.421. The van der Waals surface area contributed by atoms with Gasteiger partial charge in [-0.3, -0.25) is 4.72 Å². The molecule has 0 aliphatic heterocycles. The van der Waals surface area contributed by atoms with Crippen LogP contribution in [0.2, 0.25) is 0 Å². The number of imidazole rings is 1. The number of para-hydroxylation sites is 2. The number of nitrogens with one attached hydrogen (secondary N) is 1. The van der Waals surface area contributed by atoms with Crippen LogP contribution in [0.15, 0.2) is 96.5 Å². The Labute approximate surface area is 184 Å². The molecule has 2 aromatic carbocycles. The SMILES string of the molecule is Cc1ccc(S(=O)(=O)Nc2nc3ccccc3nc2-[n+]2ccn(-c3ccccn3)c2)cc1. The maximum atomic E-state index is 13.1. The van der Waals surface area contributed by atoms with Gasteiger partial charge in [-0.15, -0.1) is 0 Å². The van der Waals surface area contributed by atoms with Gasteiger partial charge in [0.15, 0.2) is 11.3 Å². The molecule has 0 fully saturated rings. The van der Waals surface area contributed by atoms with Crippen molar-refractivity contribution in [1.29, 1.82) is 0 Å².